The van der Waals surface area contributed by atoms with E-state index < -0.39 is 20.7 Å². The first kappa shape index (κ1) is 25.5. The number of benzene rings is 1. The molecule has 0 radical (unpaired) electrons. The highest BCUT2D eigenvalue weighted by Gasteiger charge is 2.29. The maximum Gasteiger partial charge on any atom is 0.240 e. The first-order valence-electron chi connectivity index (χ1n) is 11.4. The Morgan fingerprint density at radius 1 is 1.34 bits per heavy atom. The van der Waals surface area contributed by atoms with Gasteiger partial charge in [-0.25, -0.2) is 22.9 Å². The Balaban J connectivity index is 1.56. The predicted molar refractivity (Wildman–Crippen MR) is 135 cm³/mol. The molecule has 0 amide bonds. The summed E-state index contributed by atoms with van der Waals surface area (Å²) >= 11 is 1.45. The summed E-state index contributed by atoms with van der Waals surface area (Å²) in [6, 6.07) is 6.53. The molecule has 0 unspecified atom stereocenters. The summed E-state index contributed by atoms with van der Waals surface area (Å²) in [5, 5.41) is 7.16. The summed E-state index contributed by atoms with van der Waals surface area (Å²) in [6.45, 7) is 6.23. The van der Waals surface area contributed by atoms with Crippen LogP contribution in [0.15, 0.2) is 46.2 Å². The van der Waals surface area contributed by atoms with Crippen molar-refractivity contribution in [3.8, 4) is 5.75 Å². The standard InChI is InChI=1S/C24H30FN5O3S2/c1-16(2)33-23-5-4-7-27-21(23)13-30-8-6-19(12-30)29(3)22-11-20(25)24(35(26,31)32)10-17(22)9-18-14-34-15-28-18/h4-5,7,10-11,14-16,19H,6,8-9,12-13H2,1-3H3,(H2,26,31,32)/t19-/m0/s1. The van der Waals surface area contributed by atoms with Crippen LogP contribution in [0.2, 0.25) is 0 Å². The fourth-order valence-corrected chi connectivity index (χ4v) is 5.57. The van der Waals surface area contributed by atoms with Crippen LogP contribution in [0.4, 0.5) is 10.1 Å². The van der Waals surface area contributed by atoms with Gasteiger partial charge in [-0.1, -0.05) is 0 Å². The van der Waals surface area contributed by atoms with Crippen molar-refractivity contribution in [1.82, 2.24) is 14.9 Å². The topological polar surface area (TPSA) is 102 Å². The van der Waals surface area contributed by atoms with Crippen molar-refractivity contribution in [2.45, 2.75) is 50.3 Å². The van der Waals surface area contributed by atoms with Crippen LogP contribution in [0.1, 0.15) is 37.2 Å². The smallest absolute Gasteiger partial charge is 0.240 e. The monoisotopic (exact) mass is 519 g/mol. The van der Waals surface area contributed by atoms with E-state index in [-0.39, 0.29) is 12.1 Å². The number of likely N-dealkylation sites (N-methyl/N-ethyl adjacent to an activating group) is 1. The van der Waals surface area contributed by atoms with Crippen molar-refractivity contribution < 1.29 is 17.5 Å². The molecule has 1 aliphatic rings. The van der Waals surface area contributed by atoms with E-state index in [0.717, 1.165) is 36.6 Å². The number of halogens is 1. The highest BCUT2D eigenvalue weighted by atomic mass is 32.2. The number of nitrogens with zero attached hydrogens (tertiary/aromatic N) is 4. The molecular weight excluding hydrogens is 489 g/mol. The summed E-state index contributed by atoms with van der Waals surface area (Å²) in [4.78, 5) is 12.7. The quantitative estimate of drug-likeness (QED) is 0.462. The van der Waals surface area contributed by atoms with Gasteiger partial charge in [-0.05, 0) is 50.1 Å². The molecule has 2 N–H and O–H groups in total. The molecule has 8 nitrogen and oxygen atoms in total. The molecule has 0 aliphatic carbocycles. The van der Waals surface area contributed by atoms with Crippen LogP contribution in [0, 0.1) is 5.82 Å². The minimum absolute atomic E-state index is 0.0572. The van der Waals surface area contributed by atoms with Crippen LogP contribution >= 0.6 is 11.3 Å². The second kappa shape index (κ2) is 10.6. The fraction of sp³-hybridized carbons (Fsp3) is 0.417. The van der Waals surface area contributed by atoms with Crippen molar-refractivity contribution in [3.63, 3.8) is 0 Å². The number of hydrogen-bond donors (Lipinski definition) is 1. The number of aromatic nitrogens is 2. The summed E-state index contributed by atoms with van der Waals surface area (Å²) in [6.07, 6.45) is 3.08. The normalized spacial score (nSPS) is 16.7. The number of rotatable bonds is 9. The van der Waals surface area contributed by atoms with Gasteiger partial charge in [0.1, 0.15) is 16.5 Å². The molecule has 0 saturated carbocycles. The Morgan fingerprint density at radius 3 is 2.83 bits per heavy atom. The number of anilines is 1. The van der Waals surface area contributed by atoms with E-state index >= 15 is 0 Å². The van der Waals surface area contributed by atoms with Gasteiger partial charge in [-0.15, -0.1) is 11.3 Å². The number of likely N-dealkylation sites (tertiary alicyclic amines) is 1. The van der Waals surface area contributed by atoms with Crippen molar-refractivity contribution >= 4 is 27.0 Å². The molecular formula is C24H30FN5O3S2. The minimum atomic E-state index is -4.19. The van der Waals surface area contributed by atoms with Crippen LogP contribution < -0.4 is 14.8 Å². The number of hydrogen-bond acceptors (Lipinski definition) is 8. The van der Waals surface area contributed by atoms with Gasteiger partial charge in [0.25, 0.3) is 0 Å². The third kappa shape index (κ3) is 6.16. The van der Waals surface area contributed by atoms with Crippen LogP contribution in [0.5, 0.6) is 5.75 Å². The zero-order chi connectivity index (χ0) is 25.2. The van der Waals surface area contributed by atoms with Gasteiger partial charge in [0.15, 0.2) is 0 Å². The highest BCUT2D eigenvalue weighted by Crippen LogP contribution is 2.31. The average Bonchev–Trinajstić information content (AvgIpc) is 3.47. The number of nitrogens with two attached hydrogens (primary N) is 1. The Labute approximate surface area is 209 Å². The first-order valence-corrected chi connectivity index (χ1v) is 13.9. The minimum Gasteiger partial charge on any atom is -0.489 e. The molecule has 0 bridgehead atoms. The van der Waals surface area contributed by atoms with Crippen molar-refractivity contribution in [1.29, 1.82) is 0 Å². The molecule has 3 heterocycles. The van der Waals surface area contributed by atoms with E-state index in [0.29, 0.717) is 24.2 Å². The summed E-state index contributed by atoms with van der Waals surface area (Å²) in [5.74, 6) is -0.0688. The largest absolute Gasteiger partial charge is 0.489 e. The van der Waals surface area contributed by atoms with Crippen LogP contribution in [0.25, 0.3) is 0 Å². The molecule has 1 aliphatic heterocycles. The number of pyridine rings is 1. The lowest BCUT2D eigenvalue weighted by Crippen LogP contribution is -2.35. The van der Waals surface area contributed by atoms with E-state index in [9.17, 15) is 12.8 Å². The lowest BCUT2D eigenvalue weighted by molar-refractivity contribution is 0.231. The molecule has 1 aromatic carbocycles. The van der Waals surface area contributed by atoms with Gasteiger partial charge in [0, 0.05) is 56.4 Å². The van der Waals surface area contributed by atoms with Crippen molar-refractivity contribution in [3.05, 3.63) is 64.1 Å². The third-order valence-corrected chi connectivity index (χ3v) is 7.62. The van der Waals surface area contributed by atoms with E-state index in [2.05, 4.69) is 14.9 Å². The zero-order valence-corrected chi connectivity index (χ0v) is 21.7. The Bertz CT molecular complexity index is 1270. The summed E-state index contributed by atoms with van der Waals surface area (Å²) < 4.78 is 44.6. The van der Waals surface area contributed by atoms with E-state index in [1.54, 1.807) is 11.7 Å². The second-order valence-electron chi connectivity index (χ2n) is 9.02. The van der Waals surface area contributed by atoms with E-state index in [1.165, 1.54) is 23.5 Å². The molecule has 4 rings (SSSR count). The molecule has 2 aromatic heterocycles. The molecule has 11 heteroatoms. The fourth-order valence-electron chi connectivity index (χ4n) is 4.38. The molecule has 35 heavy (non-hydrogen) atoms. The molecule has 3 aromatic rings. The highest BCUT2D eigenvalue weighted by molar-refractivity contribution is 7.89. The maximum absolute atomic E-state index is 14.8. The molecule has 1 fully saturated rings. The number of primary sulfonamides is 1. The van der Waals surface area contributed by atoms with Gasteiger partial charge in [-0.3, -0.25) is 9.88 Å². The number of sulfonamides is 1. The molecule has 1 saturated heterocycles. The number of ether oxygens (including phenoxy) is 1. The van der Waals surface area contributed by atoms with Gasteiger partial charge >= 0.3 is 0 Å². The molecule has 1 atom stereocenters. The van der Waals surface area contributed by atoms with Gasteiger partial charge in [0.2, 0.25) is 10.0 Å². The maximum atomic E-state index is 14.8. The molecule has 188 valence electrons. The van der Waals surface area contributed by atoms with Crippen molar-refractivity contribution in [2.24, 2.45) is 5.14 Å². The van der Waals surface area contributed by atoms with E-state index in [4.69, 9.17) is 9.88 Å². The lowest BCUT2D eigenvalue weighted by Gasteiger charge is -2.29. The Kier molecular flexibility index (Phi) is 7.70. The van der Waals surface area contributed by atoms with Gasteiger partial charge in [-0.2, -0.15) is 0 Å². The average molecular weight is 520 g/mol. The van der Waals surface area contributed by atoms with Crippen LogP contribution in [-0.4, -0.2) is 55.6 Å². The summed E-state index contributed by atoms with van der Waals surface area (Å²) in [5.41, 5.74) is 4.69. The zero-order valence-electron chi connectivity index (χ0n) is 20.0. The Hall–Kier alpha value is -2.60. The third-order valence-electron chi connectivity index (χ3n) is 6.05. The first-order chi connectivity index (χ1) is 16.6. The Morgan fingerprint density at radius 2 is 2.14 bits per heavy atom. The van der Waals surface area contributed by atoms with Crippen molar-refractivity contribution in [2.75, 3.05) is 25.0 Å². The second-order valence-corrected chi connectivity index (χ2v) is 11.3. The predicted octanol–water partition coefficient (Wildman–Crippen LogP) is 3.41. The van der Waals surface area contributed by atoms with Crippen LogP contribution in [0.3, 0.4) is 0 Å². The number of thiazole rings is 1. The summed E-state index contributed by atoms with van der Waals surface area (Å²) in [7, 11) is -2.28. The van der Waals surface area contributed by atoms with Gasteiger partial charge in [0.05, 0.1) is 23.0 Å². The SMILES string of the molecule is CC(C)Oc1cccnc1CN1CC[C@H](N(C)c2cc(F)c(S(N)(=O)=O)cc2Cc2cscn2)C1. The lowest BCUT2D eigenvalue weighted by atomic mass is 10.1. The van der Waals surface area contributed by atoms with E-state index in [1.807, 2.05) is 43.3 Å². The van der Waals surface area contributed by atoms with Gasteiger partial charge < -0.3 is 9.64 Å². The van der Waals surface area contributed by atoms with Crippen LogP contribution in [-0.2, 0) is 23.0 Å². The molecule has 0 spiro atoms.